The molecule has 0 aliphatic heterocycles. The van der Waals surface area contributed by atoms with E-state index in [1.54, 1.807) is 54.7 Å². The van der Waals surface area contributed by atoms with Crippen LogP contribution in [-0.2, 0) is 27.6 Å². The highest BCUT2D eigenvalue weighted by Crippen LogP contribution is 2.23. The van der Waals surface area contributed by atoms with Crippen LogP contribution in [0.4, 0.5) is 0 Å². The minimum atomic E-state index is -3.62. The summed E-state index contributed by atoms with van der Waals surface area (Å²) in [6.45, 7) is 2.16. The zero-order valence-corrected chi connectivity index (χ0v) is 19.1. The Labute approximate surface area is 192 Å². The molecule has 0 saturated heterocycles. The van der Waals surface area contributed by atoms with E-state index < -0.39 is 15.8 Å². The van der Waals surface area contributed by atoms with E-state index in [4.69, 9.17) is 4.74 Å². The number of nitrogens with zero attached hydrogens (tertiary/aromatic N) is 2. The number of hydrogen-bond acceptors (Lipinski definition) is 6. The molecule has 0 aliphatic rings. The number of esters is 1. The Bertz CT molecular complexity index is 1360. The summed E-state index contributed by atoms with van der Waals surface area (Å²) in [5.41, 5.74) is 2.63. The van der Waals surface area contributed by atoms with Crippen LogP contribution in [-0.4, -0.2) is 29.6 Å². The number of sulfone groups is 1. The number of H-pyrrole nitrogens is 1. The van der Waals surface area contributed by atoms with Crippen LogP contribution in [0.3, 0.4) is 0 Å². The van der Waals surface area contributed by atoms with E-state index in [0.29, 0.717) is 22.2 Å². The Morgan fingerprint density at radius 2 is 1.79 bits per heavy atom. The number of carbonyl (C=O) groups excluding carboxylic acids is 1. The van der Waals surface area contributed by atoms with E-state index in [1.807, 2.05) is 6.07 Å². The van der Waals surface area contributed by atoms with Crippen molar-refractivity contribution in [1.29, 1.82) is 0 Å². The summed E-state index contributed by atoms with van der Waals surface area (Å²) >= 11 is 0. The van der Waals surface area contributed by atoms with Crippen molar-refractivity contribution >= 4 is 26.8 Å². The number of pyridine rings is 1. The van der Waals surface area contributed by atoms with Crippen LogP contribution in [0.2, 0.25) is 0 Å². The van der Waals surface area contributed by atoms with Crippen molar-refractivity contribution in [2.24, 2.45) is 0 Å². The summed E-state index contributed by atoms with van der Waals surface area (Å²) in [7, 11) is -3.62. The predicted octanol–water partition coefficient (Wildman–Crippen LogP) is 4.88. The molecule has 0 spiro atoms. The standard InChI is InChI=1S/C25H25N3O4S/c1-2-3-4-6-18-7-5-8-23(13-18)33(30,31)22-11-9-19(10-12-22)17-32-25(29)21-14-20-16-27-28-24(20)26-15-21/h5,7-16H,2-4,6,17H2,1H3,(H,26,27,28). The molecule has 0 atom stereocenters. The molecule has 0 amide bonds. The molecule has 2 aromatic carbocycles. The molecular formula is C25H25N3O4S. The molecule has 4 aromatic rings. The second kappa shape index (κ2) is 9.95. The largest absolute Gasteiger partial charge is 0.457 e. The van der Waals surface area contributed by atoms with Gasteiger partial charge in [0.1, 0.15) is 6.61 Å². The number of benzene rings is 2. The third-order valence-corrected chi connectivity index (χ3v) is 7.18. The molecule has 7 nitrogen and oxygen atoms in total. The lowest BCUT2D eigenvalue weighted by molar-refractivity contribution is 0.0472. The first kappa shape index (κ1) is 22.7. The van der Waals surface area contributed by atoms with Crippen molar-refractivity contribution in [2.75, 3.05) is 0 Å². The fourth-order valence-corrected chi connectivity index (χ4v) is 4.86. The minimum Gasteiger partial charge on any atom is -0.457 e. The number of nitrogens with one attached hydrogen (secondary N) is 1. The quantitative estimate of drug-likeness (QED) is 0.280. The maximum absolute atomic E-state index is 13.1. The number of hydrogen-bond donors (Lipinski definition) is 1. The molecular weight excluding hydrogens is 438 g/mol. The summed E-state index contributed by atoms with van der Waals surface area (Å²) in [4.78, 5) is 17.0. The highest BCUT2D eigenvalue weighted by molar-refractivity contribution is 7.91. The van der Waals surface area contributed by atoms with Crippen LogP contribution in [0, 0.1) is 0 Å². The monoisotopic (exact) mass is 463 g/mol. The molecule has 2 heterocycles. The van der Waals surface area contributed by atoms with Gasteiger partial charge in [0.25, 0.3) is 0 Å². The Morgan fingerprint density at radius 1 is 0.970 bits per heavy atom. The van der Waals surface area contributed by atoms with Crippen LogP contribution >= 0.6 is 0 Å². The number of rotatable bonds is 9. The van der Waals surface area contributed by atoms with Crippen molar-refractivity contribution in [3.8, 4) is 0 Å². The number of ether oxygens (including phenoxy) is 1. The minimum absolute atomic E-state index is 0.0233. The second-order valence-electron chi connectivity index (χ2n) is 7.86. The molecule has 0 aliphatic carbocycles. The van der Waals surface area contributed by atoms with Crippen LogP contribution in [0.5, 0.6) is 0 Å². The first-order chi connectivity index (χ1) is 16.0. The van der Waals surface area contributed by atoms with Crippen molar-refractivity contribution in [2.45, 2.75) is 49.0 Å². The highest BCUT2D eigenvalue weighted by Gasteiger charge is 2.18. The lowest BCUT2D eigenvalue weighted by atomic mass is 10.1. The van der Waals surface area contributed by atoms with Crippen LogP contribution in [0.15, 0.2) is 76.8 Å². The van der Waals surface area contributed by atoms with Gasteiger partial charge < -0.3 is 4.74 Å². The summed E-state index contributed by atoms with van der Waals surface area (Å²) in [5, 5.41) is 7.32. The maximum atomic E-state index is 13.1. The van der Waals surface area contributed by atoms with E-state index >= 15 is 0 Å². The average molecular weight is 464 g/mol. The first-order valence-electron chi connectivity index (χ1n) is 10.9. The zero-order valence-electron chi connectivity index (χ0n) is 18.3. The van der Waals surface area contributed by atoms with Gasteiger partial charge in [-0.2, -0.15) is 5.10 Å². The normalized spacial score (nSPS) is 11.5. The lowest BCUT2D eigenvalue weighted by Gasteiger charge is -2.09. The van der Waals surface area contributed by atoms with Gasteiger partial charge in [-0.25, -0.2) is 18.2 Å². The molecule has 2 aromatic heterocycles. The van der Waals surface area contributed by atoms with Gasteiger partial charge >= 0.3 is 5.97 Å². The van der Waals surface area contributed by atoms with Gasteiger partial charge in [0, 0.05) is 11.6 Å². The van der Waals surface area contributed by atoms with Gasteiger partial charge in [-0.15, -0.1) is 0 Å². The summed E-state index contributed by atoms with van der Waals surface area (Å²) in [5.74, 6) is -0.512. The van der Waals surface area contributed by atoms with Crippen molar-refractivity contribution in [1.82, 2.24) is 15.2 Å². The lowest BCUT2D eigenvalue weighted by Crippen LogP contribution is -2.06. The van der Waals surface area contributed by atoms with Crippen molar-refractivity contribution in [3.63, 3.8) is 0 Å². The fraction of sp³-hybridized carbons (Fsp3) is 0.240. The Hall–Kier alpha value is -3.52. The van der Waals surface area contributed by atoms with E-state index in [2.05, 4.69) is 22.1 Å². The fourth-order valence-electron chi connectivity index (χ4n) is 3.53. The summed E-state index contributed by atoms with van der Waals surface area (Å²) < 4.78 is 31.5. The van der Waals surface area contributed by atoms with Gasteiger partial charge in [0.05, 0.1) is 21.6 Å². The average Bonchev–Trinajstić information content (AvgIpc) is 3.31. The van der Waals surface area contributed by atoms with Crippen LogP contribution in [0.1, 0.15) is 47.7 Å². The number of aromatic nitrogens is 3. The van der Waals surface area contributed by atoms with Gasteiger partial charge in [0.2, 0.25) is 9.84 Å². The third kappa shape index (κ3) is 5.28. The number of aromatic amines is 1. The highest BCUT2D eigenvalue weighted by atomic mass is 32.2. The van der Waals surface area contributed by atoms with Gasteiger partial charge in [-0.1, -0.05) is 44.0 Å². The van der Waals surface area contributed by atoms with E-state index in [9.17, 15) is 13.2 Å². The Balaban J connectivity index is 1.42. The molecule has 0 fully saturated rings. The van der Waals surface area contributed by atoms with E-state index in [0.717, 1.165) is 31.2 Å². The molecule has 0 saturated carbocycles. The smallest absolute Gasteiger partial charge is 0.340 e. The maximum Gasteiger partial charge on any atom is 0.340 e. The molecule has 4 rings (SSSR count). The SMILES string of the molecule is CCCCCc1cccc(S(=O)(=O)c2ccc(COC(=O)c3cnc4[nH]ncc4c3)cc2)c1. The van der Waals surface area contributed by atoms with E-state index in [-0.39, 0.29) is 16.4 Å². The van der Waals surface area contributed by atoms with Crippen LogP contribution in [0.25, 0.3) is 11.0 Å². The zero-order chi connectivity index (χ0) is 23.3. The van der Waals surface area contributed by atoms with Gasteiger partial charge in [-0.3, -0.25) is 5.10 Å². The summed E-state index contributed by atoms with van der Waals surface area (Å²) in [6.07, 6.45) is 7.16. The molecule has 8 heteroatoms. The second-order valence-corrected chi connectivity index (χ2v) is 9.81. The number of carbonyl (C=O) groups is 1. The van der Waals surface area contributed by atoms with Gasteiger partial charge in [0.15, 0.2) is 5.65 Å². The molecule has 0 bridgehead atoms. The molecule has 1 N–H and O–H groups in total. The number of aryl methyl sites for hydroxylation is 1. The topological polar surface area (TPSA) is 102 Å². The predicted molar refractivity (Wildman–Crippen MR) is 125 cm³/mol. The molecule has 0 radical (unpaired) electrons. The van der Waals surface area contributed by atoms with Crippen molar-refractivity contribution in [3.05, 3.63) is 83.7 Å². The number of unbranched alkanes of at least 4 members (excludes halogenated alkanes) is 2. The molecule has 33 heavy (non-hydrogen) atoms. The first-order valence-corrected chi connectivity index (χ1v) is 12.3. The molecule has 0 unspecified atom stereocenters. The summed E-state index contributed by atoms with van der Waals surface area (Å²) in [6, 6.07) is 15.2. The Morgan fingerprint density at radius 3 is 2.58 bits per heavy atom. The van der Waals surface area contributed by atoms with Gasteiger partial charge in [-0.05, 0) is 54.3 Å². The van der Waals surface area contributed by atoms with Crippen molar-refractivity contribution < 1.29 is 17.9 Å². The third-order valence-electron chi connectivity index (χ3n) is 5.41. The number of fused-ring (bicyclic) bond motifs is 1. The Kier molecular flexibility index (Phi) is 6.84. The molecule has 170 valence electrons. The van der Waals surface area contributed by atoms with E-state index in [1.165, 1.54) is 6.20 Å². The van der Waals surface area contributed by atoms with Crippen LogP contribution < -0.4 is 0 Å².